The maximum Gasteiger partial charge on any atom is 0.305 e. The first kappa shape index (κ1) is 20.9. The van der Waals surface area contributed by atoms with Gasteiger partial charge in [0.15, 0.2) is 5.65 Å². The fourth-order valence-corrected chi connectivity index (χ4v) is 6.55. The second-order valence-corrected chi connectivity index (χ2v) is 10.1. The molecule has 0 amide bonds. The summed E-state index contributed by atoms with van der Waals surface area (Å²) in [7, 11) is 0. The van der Waals surface area contributed by atoms with Gasteiger partial charge in [-0.25, -0.2) is 9.97 Å². The van der Waals surface area contributed by atoms with Crippen LogP contribution in [0.25, 0.3) is 11.2 Å². The highest BCUT2D eigenvalue weighted by molar-refractivity contribution is 6.21. The minimum Gasteiger partial charge on any atom is -0.481 e. The lowest BCUT2D eigenvalue weighted by molar-refractivity contribution is -0.137. The average Bonchev–Trinajstić information content (AvgIpc) is 3.47. The van der Waals surface area contributed by atoms with Gasteiger partial charge in [-0.3, -0.25) is 9.48 Å². The van der Waals surface area contributed by atoms with Gasteiger partial charge in [0.2, 0.25) is 0 Å². The second kappa shape index (κ2) is 7.99. The van der Waals surface area contributed by atoms with Crippen LogP contribution in [0, 0.1) is 0 Å². The van der Waals surface area contributed by atoms with E-state index in [4.69, 9.17) is 32.4 Å². The zero-order valence-corrected chi connectivity index (χ0v) is 19.1. The van der Waals surface area contributed by atoms with Gasteiger partial charge in [-0.15, -0.1) is 11.6 Å². The molecule has 9 nitrogen and oxygen atoms in total. The third kappa shape index (κ3) is 3.58. The number of nitrogens with one attached hydrogen (secondary N) is 1. The third-order valence-electron chi connectivity index (χ3n) is 7.60. The van der Waals surface area contributed by atoms with Gasteiger partial charge in [0.25, 0.3) is 0 Å². The molecular formula is C23H28ClN7O2. The van der Waals surface area contributed by atoms with Crippen molar-refractivity contribution in [2.75, 3.05) is 4.90 Å². The Bertz CT molecular complexity index is 1190. The molecule has 5 heterocycles. The zero-order valence-electron chi connectivity index (χ0n) is 18.3. The molecule has 0 radical (unpaired) electrons. The van der Waals surface area contributed by atoms with Crippen LogP contribution in [-0.4, -0.2) is 53.9 Å². The highest BCUT2D eigenvalue weighted by atomic mass is 35.5. The number of aromatic nitrogens is 5. The fourth-order valence-electron chi connectivity index (χ4n) is 6.10. The molecule has 3 aromatic rings. The topological polar surface area (TPSA) is 126 Å². The number of aryl methyl sites for hydroxylation is 2. The van der Waals surface area contributed by atoms with E-state index in [0.717, 1.165) is 59.5 Å². The number of H-pyrrole nitrogens is 1. The molecule has 0 spiro atoms. The van der Waals surface area contributed by atoms with Gasteiger partial charge in [0, 0.05) is 47.6 Å². The maximum atomic E-state index is 10.9. The van der Waals surface area contributed by atoms with Crippen molar-refractivity contribution in [3.63, 3.8) is 0 Å². The Morgan fingerprint density at radius 1 is 1.24 bits per heavy atom. The van der Waals surface area contributed by atoms with E-state index in [-0.39, 0.29) is 23.8 Å². The summed E-state index contributed by atoms with van der Waals surface area (Å²) in [6.07, 6.45) is 11.9. The van der Waals surface area contributed by atoms with Gasteiger partial charge < -0.3 is 20.7 Å². The van der Waals surface area contributed by atoms with Gasteiger partial charge in [0.05, 0.1) is 30.2 Å². The molecular weight excluding hydrogens is 442 g/mol. The number of fused-ring (bicyclic) bond motifs is 4. The van der Waals surface area contributed by atoms with Crippen molar-refractivity contribution >= 4 is 34.6 Å². The predicted octanol–water partition coefficient (Wildman–Crippen LogP) is 3.10. The van der Waals surface area contributed by atoms with E-state index in [1.807, 2.05) is 18.6 Å². The van der Waals surface area contributed by atoms with Gasteiger partial charge in [0.1, 0.15) is 11.3 Å². The summed E-state index contributed by atoms with van der Waals surface area (Å²) in [5.74, 6) is 0.193. The number of aliphatic carboxylic acids is 1. The van der Waals surface area contributed by atoms with Crippen LogP contribution in [0.1, 0.15) is 66.6 Å². The number of nitrogens with zero attached hydrogens (tertiary/aromatic N) is 5. The predicted molar refractivity (Wildman–Crippen MR) is 125 cm³/mol. The number of hydrogen-bond donors (Lipinski definition) is 3. The summed E-state index contributed by atoms with van der Waals surface area (Å²) >= 11 is 6.94. The van der Waals surface area contributed by atoms with Gasteiger partial charge >= 0.3 is 5.97 Å². The van der Waals surface area contributed by atoms with E-state index >= 15 is 0 Å². The summed E-state index contributed by atoms with van der Waals surface area (Å²) in [5.41, 5.74) is 10.9. The van der Waals surface area contributed by atoms with Crippen LogP contribution in [0.2, 0.25) is 0 Å². The van der Waals surface area contributed by atoms with Crippen molar-refractivity contribution in [1.29, 1.82) is 0 Å². The van der Waals surface area contributed by atoms with Crippen LogP contribution >= 0.6 is 11.6 Å². The molecule has 2 aliphatic heterocycles. The molecule has 4 unspecified atom stereocenters. The lowest BCUT2D eigenvalue weighted by Gasteiger charge is -2.38. The van der Waals surface area contributed by atoms with Crippen LogP contribution in [0.15, 0.2) is 18.6 Å². The Kier molecular flexibility index (Phi) is 5.06. The molecule has 4 N–H and O–H groups in total. The smallest absolute Gasteiger partial charge is 0.305 e. The van der Waals surface area contributed by atoms with Gasteiger partial charge in [-0.1, -0.05) is 0 Å². The number of anilines is 1. The highest BCUT2D eigenvalue weighted by Gasteiger charge is 2.41. The number of nitrogens with two attached hydrogens (primary N) is 1. The largest absolute Gasteiger partial charge is 0.481 e. The van der Waals surface area contributed by atoms with Crippen molar-refractivity contribution in [3.05, 3.63) is 35.4 Å². The van der Waals surface area contributed by atoms with Crippen molar-refractivity contribution in [3.8, 4) is 0 Å². The molecule has 6 rings (SSSR count). The number of halogens is 1. The van der Waals surface area contributed by atoms with E-state index in [2.05, 4.69) is 15.0 Å². The SMILES string of the molecule is NC1CC2CC[C@@H](C1)N2c1cnc2c(C3CCc4nn(CCC(=O)O)cc4C3Cl)c[nH]c2n1. The van der Waals surface area contributed by atoms with Gasteiger partial charge in [-0.05, 0) is 38.5 Å². The molecule has 3 aliphatic rings. The molecule has 0 aromatic carbocycles. The number of aromatic amines is 1. The van der Waals surface area contributed by atoms with Crippen LogP contribution in [0.3, 0.4) is 0 Å². The van der Waals surface area contributed by atoms with Crippen LogP contribution in [0.4, 0.5) is 5.82 Å². The summed E-state index contributed by atoms with van der Waals surface area (Å²) in [5, 5.41) is 13.3. The number of piperidine rings is 1. The van der Waals surface area contributed by atoms with Crippen molar-refractivity contribution < 1.29 is 9.90 Å². The number of rotatable bonds is 5. The minimum atomic E-state index is -0.832. The Balaban J connectivity index is 1.26. The molecule has 2 fully saturated rings. The molecule has 174 valence electrons. The highest BCUT2D eigenvalue weighted by Crippen LogP contribution is 2.46. The Labute approximate surface area is 196 Å². The first-order chi connectivity index (χ1) is 16.0. The minimum absolute atomic E-state index is 0.0436. The van der Waals surface area contributed by atoms with Crippen molar-refractivity contribution in [2.45, 2.75) is 80.9 Å². The maximum absolute atomic E-state index is 10.9. The molecule has 33 heavy (non-hydrogen) atoms. The van der Waals surface area contributed by atoms with Crippen LogP contribution < -0.4 is 10.6 Å². The monoisotopic (exact) mass is 469 g/mol. The zero-order chi connectivity index (χ0) is 22.7. The third-order valence-corrected chi connectivity index (χ3v) is 8.14. The number of alkyl halides is 1. The molecule has 1 aliphatic carbocycles. The molecule has 5 atom stereocenters. The van der Waals surface area contributed by atoms with E-state index in [1.165, 1.54) is 12.8 Å². The average molecular weight is 470 g/mol. The quantitative estimate of drug-likeness (QED) is 0.490. The van der Waals surface area contributed by atoms with Crippen molar-refractivity contribution in [2.24, 2.45) is 5.73 Å². The van der Waals surface area contributed by atoms with E-state index in [1.54, 1.807) is 4.68 Å². The molecule has 2 saturated heterocycles. The summed E-state index contributed by atoms with van der Waals surface area (Å²) < 4.78 is 1.71. The summed E-state index contributed by atoms with van der Waals surface area (Å²) in [4.78, 5) is 26.5. The molecule has 10 heteroatoms. The van der Waals surface area contributed by atoms with Gasteiger partial charge in [-0.2, -0.15) is 5.10 Å². The summed E-state index contributed by atoms with van der Waals surface area (Å²) in [6, 6.07) is 1.21. The number of carboxylic acid groups (broad SMARTS) is 1. The Morgan fingerprint density at radius 2 is 2.03 bits per heavy atom. The Hall–Kier alpha value is -2.65. The molecule has 0 saturated carbocycles. The fraction of sp³-hybridized carbons (Fsp3) is 0.565. The standard InChI is InChI=1S/C23H28ClN7O2/c24-21-15(3-4-18-17(21)11-30(29-18)6-5-20(32)33)16-9-27-23-22(16)26-10-19(28-23)31-13-1-2-14(31)8-12(25)7-13/h9-15,21H,1-8,25H2,(H,27,28)(H,32,33)/t12?,13-,14?,15?,21?/m0/s1. The lowest BCUT2D eigenvalue weighted by Crippen LogP contribution is -2.47. The van der Waals surface area contributed by atoms with Crippen molar-refractivity contribution in [1.82, 2.24) is 24.7 Å². The van der Waals surface area contributed by atoms with Crippen LogP contribution in [0.5, 0.6) is 0 Å². The first-order valence-electron chi connectivity index (χ1n) is 11.8. The van der Waals surface area contributed by atoms with E-state index in [9.17, 15) is 4.79 Å². The molecule has 2 bridgehead atoms. The van der Waals surface area contributed by atoms with E-state index < -0.39 is 5.97 Å². The van der Waals surface area contributed by atoms with Crippen LogP contribution in [-0.2, 0) is 17.8 Å². The number of hydrogen-bond acceptors (Lipinski definition) is 6. The number of carbonyl (C=O) groups is 1. The summed E-state index contributed by atoms with van der Waals surface area (Å²) in [6.45, 7) is 0.349. The first-order valence-corrected chi connectivity index (χ1v) is 12.2. The van der Waals surface area contributed by atoms with E-state index in [0.29, 0.717) is 18.6 Å². The normalized spacial score (nSPS) is 28.9. The second-order valence-electron chi connectivity index (χ2n) is 9.68. The lowest BCUT2D eigenvalue weighted by atomic mass is 9.83. The molecule has 3 aromatic heterocycles. The Morgan fingerprint density at radius 3 is 2.79 bits per heavy atom. The number of carboxylic acids is 1.